The van der Waals surface area contributed by atoms with E-state index in [-0.39, 0.29) is 0 Å². The van der Waals surface area contributed by atoms with Crippen molar-refractivity contribution >= 4 is 52.2 Å². The van der Waals surface area contributed by atoms with Gasteiger partial charge in [0.05, 0.1) is 16.4 Å². The predicted molar refractivity (Wildman–Crippen MR) is 110 cm³/mol. The van der Waals surface area contributed by atoms with Gasteiger partial charge in [-0.1, -0.05) is 53.7 Å². The van der Waals surface area contributed by atoms with Crippen LogP contribution in [-0.4, -0.2) is 11.8 Å². The summed E-state index contributed by atoms with van der Waals surface area (Å²) >= 11 is 7.42. The van der Waals surface area contributed by atoms with Gasteiger partial charge in [0.15, 0.2) is 0 Å². The Bertz CT molecular complexity index is 980. The van der Waals surface area contributed by atoms with E-state index >= 15 is 0 Å². The van der Waals surface area contributed by atoms with Crippen LogP contribution in [0.3, 0.4) is 0 Å². The molecule has 2 amide bonds. The van der Waals surface area contributed by atoms with Gasteiger partial charge < -0.3 is 16.4 Å². The molecule has 0 spiro atoms. The second-order valence-corrected chi connectivity index (χ2v) is 7.08. The van der Waals surface area contributed by atoms with E-state index in [1.807, 2.05) is 42.5 Å². The van der Waals surface area contributed by atoms with Crippen LogP contribution in [0.25, 0.3) is 0 Å². The van der Waals surface area contributed by atoms with E-state index in [9.17, 15) is 9.59 Å². The van der Waals surface area contributed by atoms with Crippen molar-refractivity contribution < 1.29 is 9.59 Å². The van der Waals surface area contributed by atoms with Gasteiger partial charge >= 0.3 is 11.8 Å². The molecule has 136 valence electrons. The van der Waals surface area contributed by atoms with Crippen LogP contribution in [0, 0.1) is 0 Å². The van der Waals surface area contributed by atoms with Crippen LogP contribution in [0.5, 0.6) is 0 Å². The van der Waals surface area contributed by atoms with Crippen LogP contribution < -0.4 is 16.4 Å². The lowest BCUT2D eigenvalue weighted by molar-refractivity contribution is -0.133. The van der Waals surface area contributed by atoms with Crippen molar-refractivity contribution in [3.05, 3.63) is 77.8 Å². The van der Waals surface area contributed by atoms with Crippen molar-refractivity contribution in [2.24, 2.45) is 0 Å². The van der Waals surface area contributed by atoms with Crippen molar-refractivity contribution in [3.63, 3.8) is 0 Å². The zero-order valence-electron chi connectivity index (χ0n) is 14.1. The Morgan fingerprint density at radius 1 is 0.852 bits per heavy atom. The smallest absolute Gasteiger partial charge is 0.314 e. The average molecular weight is 398 g/mol. The summed E-state index contributed by atoms with van der Waals surface area (Å²) in [5.74, 6) is -1.57. The normalized spacial score (nSPS) is 10.3. The third-order valence-electron chi connectivity index (χ3n) is 3.57. The number of carbonyl (C=O) groups is 2. The number of hydrogen-bond donors (Lipinski definition) is 3. The molecule has 4 N–H and O–H groups in total. The number of nitrogen functional groups attached to an aromatic ring is 1. The summed E-state index contributed by atoms with van der Waals surface area (Å²) in [4.78, 5) is 26.3. The summed E-state index contributed by atoms with van der Waals surface area (Å²) in [5, 5.41) is 5.45. The summed E-state index contributed by atoms with van der Waals surface area (Å²) < 4.78 is 0. The standard InChI is InChI=1S/C20H16ClN3O2S/c21-15-12-13(10-11-16(15)22)23-19(25)20(26)24-17-8-4-5-9-18(17)27-14-6-2-1-3-7-14/h1-12H,22H2,(H,23,25)(H,24,26). The monoisotopic (exact) mass is 397 g/mol. The Morgan fingerprint density at radius 2 is 1.52 bits per heavy atom. The van der Waals surface area contributed by atoms with Crippen molar-refractivity contribution in [1.29, 1.82) is 0 Å². The number of hydrogen-bond acceptors (Lipinski definition) is 4. The van der Waals surface area contributed by atoms with Crippen molar-refractivity contribution in [3.8, 4) is 0 Å². The third-order valence-corrected chi connectivity index (χ3v) is 4.98. The first-order chi connectivity index (χ1) is 13.0. The minimum atomic E-state index is -0.796. The highest BCUT2D eigenvalue weighted by atomic mass is 35.5. The average Bonchev–Trinajstić information content (AvgIpc) is 2.67. The van der Waals surface area contributed by atoms with E-state index in [4.69, 9.17) is 17.3 Å². The lowest BCUT2D eigenvalue weighted by atomic mass is 10.2. The Morgan fingerprint density at radius 3 is 2.26 bits per heavy atom. The number of anilines is 3. The molecular weight excluding hydrogens is 382 g/mol. The molecular formula is C20H16ClN3O2S. The first-order valence-corrected chi connectivity index (χ1v) is 9.21. The second-order valence-electron chi connectivity index (χ2n) is 5.56. The van der Waals surface area contributed by atoms with E-state index in [0.29, 0.717) is 22.1 Å². The third kappa shape index (κ3) is 5.03. The van der Waals surface area contributed by atoms with Gasteiger partial charge in [-0.3, -0.25) is 9.59 Å². The predicted octanol–water partition coefficient (Wildman–Crippen LogP) is 4.65. The Labute approximate surface area is 165 Å². The van der Waals surface area contributed by atoms with Crippen LogP contribution in [-0.2, 0) is 9.59 Å². The molecule has 27 heavy (non-hydrogen) atoms. The van der Waals surface area contributed by atoms with Gasteiger partial charge in [-0.05, 0) is 42.5 Å². The minimum absolute atomic E-state index is 0.304. The molecule has 0 atom stereocenters. The van der Waals surface area contributed by atoms with Gasteiger partial charge in [0.25, 0.3) is 0 Å². The summed E-state index contributed by atoms with van der Waals surface area (Å²) in [5.41, 5.74) is 6.98. The van der Waals surface area contributed by atoms with Crippen molar-refractivity contribution in [2.45, 2.75) is 9.79 Å². The van der Waals surface area contributed by atoms with Crippen LogP contribution in [0.15, 0.2) is 82.6 Å². The van der Waals surface area contributed by atoms with Gasteiger partial charge in [-0.15, -0.1) is 0 Å². The molecule has 0 aliphatic carbocycles. The SMILES string of the molecule is Nc1ccc(NC(=O)C(=O)Nc2ccccc2Sc2ccccc2)cc1Cl. The highest BCUT2D eigenvalue weighted by molar-refractivity contribution is 7.99. The molecule has 3 rings (SSSR count). The van der Waals surface area contributed by atoms with Gasteiger partial charge in [0, 0.05) is 15.5 Å². The Kier molecular flexibility index (Phi) is 6.01. The quantitative estimate of drug-likeness (QED) is 0.442. The molecule has 7 heteroatoms. The second kappa shape index (κ2) is 8.62. The summed E-state index contributed by atoms with van der Waals surface area (Å²) in [7, 11) is 0. The van der Waals surface area contributed by atoms with Crippen LogP contribution in [0.1, 0.15) is 0 Å². The maximum Gasteiger partial charge on any atom is 0.314 e. The number of nitrogens with two attached hydrogens (primary N) is 1. The van der Waals surface area contributed by atoms with Crippen molar-refractivity contribution in [2.75, 3.05) is 16.4 Å². The molecule has 0 saturated heterocycles. The molecule has 0 unspecified atom stereocenters. The maximum atomic E-state index is 12.3. The number of rotatable bonds is 4. The van der Waals surface area contributed by atoms with Crippen LogP contribution in [0.2, 0.25) is 5.02 Å². The molecule has 3 aromatic carbocycles. The fourth-order valence-electron chi connectivity index (χ4n) is 2.25. The van der Waals surface area contributed by atoms with Gasteiger partial charge in [0.2, 0.25) is 0 Å². The fraction of sp³-hybridized carbons (Fsp3) is 0. The first-order valence-electron chi connectivity index (χ1n) is 8.02. The van der Waals surface area contributed by atoms with Gasteiger partial charge in [-0.2, -0.15) is 0 Å². The molecule has 3 aromatic rings. The van der Waals surface area contributed by atoms with E-state index < -0.39 is 11.8 Å². The lowest BCUT2D eigenvalue weighted by Crippen LogP contribution is -2.29. The molecule has 0 heterocycles. The summed E-state index contributed by atoms with van der Waals surface area (Å²) in [6.07, 6.45) is 0. The molecule has 0 aliphatic rings. The van der Waals surface area contributed by atoms with E-state index in [1.165, 1.54) is 17.8 Å². The zero-order valence-corrected chi connectivity index (χ0v) is 15.7. The molecule has 0 bridgehead atoms. The highest BCUT2D eigenvalue weighted by Gasteiger charge is 2.16. The Hall–Kier alpha value is -2.96. The first kappa shape index (κ1) is 18.8. The van der Waals surface area contributed by atoms with E-state index in [0.717, 1.165) is 9.79 Å². The molecule has 5 nitrogen and oxygen atoms in total. The number of halogens is 1. The largest absolute Gasteiger partial charge is 0.398 e. The summed E-state index contributed by atoms with van der Waals surface area (Å²) in [6.45, 7) is 0. The zero-order chi connectivity index (χ0) is 19.2. The van der Waals surface area contributed by atoms with E-state index in [1.54, 1.807) is 24.3 Å². The molecule has 0 radical (unpaired) electrons. The maximum absolute atomic E-state index is 12.3. The highest BCUT2D eigenvalue weighted by Crippen LogP contribution is 2.33. The topological polar surface area (TPSA) is 84.2 Å². The minimum Gasteiger partial charge on any atom is -0.398 e. The van der Waals surface area contributed by atoms with Crippen LogP contribution >= 0.6 is 23.4 Å². The molecule has 0 saturated carbocycles. The molecule has 0 fully saturated rings. The van der Waals surface area contributed by atoms with Crippen LogP contribution in [0.4, 0.5) is 17.1 Å². The lowest BCUT2D eigenvalue weighted by Gasteiger charge is -2.11. The summed E-state index contributed by atoms with van der Waals surface area (Å²) in [6, 6.07) is 21.7. The van der Waals surface area contributed by atoms with Gasteiger partial charge in [-0.25, -0.2) is 0 Å². The number of benzene rings is 3. The molecule has 0 aliphatic heterocycles. The number of nitrogens with one attached hydrogen (secondary N) is 2. The Balaban J connectivity index is 1.70. The molecule has 0 aromatic heterocycles. The number of para-hydroxylation sites is 1. The number of carbonyl (C=O) groups excluding carboxylic acids is 2. The van der Waals surface area contributed by atoms with E-state index in [2.05, 4.69) is 10.6 Å². The number of amides is 2. The fourth-order valence-corrected chi connectivity index (χ4v) is 3.35. The van der Waals surface area contributed by atoms with Gasteiger partial charge in [0.1, 0.15) is 0 Å². The van der Waals surface area contributed by atoms with Crippen molar-refractivity contribution in [1.82, 2.24) is 0 Å².